The molecular weight excluding hydrogens is 265 g/mol. The van der Waals surface area contributed by atoms with Gasteiger partial charge in [-0.25, -0.2) is 0 Å². The van der Waals surface area contributed by atoms with E-state index in [0.717, 1.165) is 32.6 Å². The van der Waals surface area contributed by atoms with Crippen LogP contribution in [0.4, 0.5) is 13.2 Å². The molecule has 1 N–H and O–H groups in total. The number of hydrogen-bond acceptors (Lipinski definition) is 2. The molecule has 1 aliphatic carbocycles. The van der Waals surface area contributed by atoms with Gasteiger partial charge in [0.05, 0.1) is 5.92 Å². The van der Waals surface area contributed by atoms with Crippen molar-refractivity contribution in [1.82, 2.24) is 10.2 Å². The van der Waals surface area contributed by atoms with Crippen molar-refractivity contribution in [2.24, 2.45) is 11.8 Å². The fourth-order valence-corrected chi connectivity index (χ4v) is 3.08. The summed E-state index contributed by atoms with van der Waals surface area (Å²) in [5.74, 6) is -0.907. The van der Waals surface area contributed by atoms with Gasteiger partial charge in [0.2, 0.25) is 0 Å². The minimum Gasteiger partial charge on any atom is -0.313 e. The Bertz CT molecular complexity index is 264. The van der Waals surface area contributed by atoms with Crippen LogP contribution in [0.5, 0.6) is 0 Å². The van der Waals surface area contributed by atoms with E-state index >= 15 is 0 Å². The number of nitrogens with one attached hydrogen (secondary N) is 1. The Hall–Kier alpha value is -0.290. The molecule has 0 spiro atoms. The van der Waals surface area contributed by atoms with E-state index in [1.54, 1.807) is 0 Å². The van der Waals surface area contributed by atoms with Gasteiger partial charge >= 0.3 is 6.18 Å². The smallest absolute Gasteiger partial charge is 0.313 e. The molecule has 0 radical (unpaired) electrons. The molecule has 1 rings (SSSR count). The van der Waals surface area contributed by atoms with Gasteiger partial charge in [-0.05, 0) is 51.7 Å². The van der Waals surface area contributed by atoms with Crippen LogP contribution < -0.4 is 5.32 Å². The first-order valence-electron chi connectivity index (χ1n) is 7.89. The van der Waals surface area contributed by atoms with Crippen LogP contribution >= 0.6 is 0 Å². The zero-order valence-corrected chi connectivity index (χ0v) is 13.0. The fourth-order valence-electron chi connectivity index (χ4n) is 3.08. The Kier molecular flexibility index (Phi) is 7.30. The Labute approximate surface area is 121 Å². The molecule has 0 aromatic carbocycles. The minimum atomic E-state index is -4.01. The van der Waals surface area contributed by atoms with Crippen LogP contribution in [0.25, 0.3) is 0 Å². The largest absolute Gasteiger partial charge is 0.391 e. The van der Waals surface area contributed by atoms with Crippen LogP contribution in [0.15, 0.2) is 0 Å². The Morgan fingerprint density at radius 1 is 1.20 bits per heavy atom. The van der Waals surface area contributed by atoms with Crippen molar-refractivity contribution in [2.45, 2.75) is 58.7 Å². The first-order valence-corrected chi connectivity index (χ1v) is 7.89. The Morgan fingerprint density at radius 2 is 1.85 bits per heavy atom. The average molecular weight is 294 g/mol. The summed E-state index contributed by atoms with van der Waals surface area (Å²) in [7, 11) is 0. The van der Waals surface area contributed by atoms with Crippen LogP contribution in [0.1, 0.15) is 46.5 Å². The summed E-state index contributed by atoms with van der Waals surface area (Å²) in [5.41, 5.74) is 0. The summed E-state index contributed by atoms with van der Waals surface area (Å²) in [6.07, 6.45) is -1.76. The Balaban J connectivity index is 2.30. The number of halogens is 3. The van der Waals surface area contributed by atoms with E-state index in [2.05, 4.69) is 31.0 Å². The molecule has 0 aliphatic heterocycles. The van der Waals surface area contributed by atoms with Gasteiger partial charge < -0.3 is 10.2 Å². The van der Waals surface area contributed by atoms with Crippen LogP contribution in [-0.4, -0.2) is 43.3 Å². The molecular formula is C15H29F3N2. The molecule has 120 valence electrons. The topological polar surface area (TPSA) is 15.3 Å². The summed E-state index contributed by atoms with van der Waals surface area (Å²) in [6.45, 7) is 10.1. The molecule has 1 fully saturated rings. The van der Waals surface area contributed by atoms with Gasteiger partial charge in [-0.15, -0.1) is 0 Å². The van der Waals surface area contributed by atoms with Crippen LogP contribution in [-0.2, 0) is 0 Å². The highest BCUT2D eigenvalue weighted by Gasteiger charge is 2.41. The van der Waals surface area contributed by atoms with Crippen molar-refractivity contribution < 1.29 is 13.2 Å². The van der Waals surface area contributed by atoms with E-state index in [1.807, 2.05) is 0 Å². The normalized spacial score (nSPS) is 25.9. The molecule has 1 saturated carbocycles. The molecule has 0 aromatic heterocycles. The molecule has 3 atom stereocenters. The van der Waals surface area contributed by atoms with E-state index in [4.69, 9.17) is 0 Å². The Morgan fingerprint density at radius 3 is 2.40 bits per heavy atom. The highest BCUT2D eigenvalue weighted by Crippen LogP contribution is 2.39. The number of alkyl halides is 3. The molecule has 0 saturated heterocycles. The number of likely N-dealkylation sites (N-methyl/N-ethyl adjacent to an activating group) is 1. The highest BCUT2D eigenvalue weighted by molar-refractivity contribution is 4.80. The van der Waals surface area contributed by atoms with E-state index in [1.165, 1.54) is 0 Å². The van der Waals surface area contributed by atoms with Crippen molar-refractivity contribution >= 4 is 0 Å². The molecule has 5 heteroatoms. The maximum atomic E-state index is 12.8. The van der Waals surface area contributed by atoms with Gasteiger partial charge in [-0.2, -0.15) is 13.2 Å². The lowest BCUT2D eigenvalue weighted by Gasteiger charge is -2.32. The molecule has 0 bridgehead atoms. The van der Waals surface area contributed by atoms with Gasteiger partial charge in [0.15, 0.2) is 0 Å². The lowest BCUT2D eigenvalue weighted by Crippen LogP contribution is -2.42. The molecule has 1 aliphatic rings. The van der Waals surface area contributed by atoms with E-state index in [0.29, 0.717) is 25.3 Å². The van der Waals surface area contributed by atoms with Crippen molar-refractivity contribution in [3.8, 4) is 0 Å². The summed E-state index contributed by atoms with van der Waals surface area (Å²) in [5, 5.41) is 3.41. The van der Waals surface area contributed by atoms with Crippen molar-refractivity contribution in [3.05, 3.63) is 0 Å². The van der Waals surface area contributed by atoms with Gasteiger partial charge in [-0.3, -0.25) is 0 Å². The van der Waals surface area contributed by atoms with Crippen LogP contribution in [0.2, 0.25) is 0 Å². The fraction of sp³-hybridized carbons (Fsp3) is 1.00. The van der Waals surface area contributed by atoms with Crippen molar-refractivity contribution in [1.29, 1.82) is 0 Å². The maximum Gasteiger partial charge on any atom is 0.391 e. The summed E-state index contributed by atoms with van der Waals surface area (Å²) in [6, 6.07) is 0.334. The second-order valence-corrected chi connectivity index (χ2v) is 6.07. The molecule has 3 unspecified atom stereocenters. The highest BCUT2D eigenvalue weighted by atomic mass is 19.4. The molecule has 20 heavy (non-hydrogen) atoms. The maximum absolute atomic E-state index is 12.8. The first kappa shape index (κ1) is 17.8. The third kappa shape index (κ3) is 6.00. The second-order valence-electron chi connectivity index (χ2n) is 6.07. The first-order chi connectivity index (χ1) is 9.36. The third-order valence-corrected chi connectivity index (χ3v) is 4.43. The standard InChI is InChI=1S/C15H29F3N2/c1-4-20(5-2)11-12(3)19-10-13-7-6-8-14(9-13)15(16,17)18/h12-14,19H,4-11H2,1-3H3. The number of hydrogen-bond donors (Lipinski definition) is 1. The van der Waals surface area contributed by atoms with Crippen molar-refractivity contribution in [2.75, 3.05) is 26.2 Å². The number of nitrogens with zero attached hydrogens (tertiary/aromatic N) is 1. The number of rotatable bonds is 7. The average Bonchev–Trinajstić information content (AvgIpc) is 2.42. The lowest BCUT2D eigenvalue weighted by molar-refractivity contribution is -0.185. The van der Waals surface area contributed by atoms with Gasteiger partial charge in [0.1, 0.15) is 0 Å². The van der Waals surface area contributed by atoms with Gasteiger partial charge in [0, 0.05) is 12.6 Å². The second kappa shape index (κ2) is 8.23. The monoisotopic (exact) mass is 294 g/mol. The van der Waals surface area contributed by atoms with E-state index in [9.17, 15) is 13.2 Å². The summed E-state index contributed by atoms with van der Waals surface area (Å²) >= 11 is 0. The zero-order chi connectivity index (χ0) is 15.2. The predicted molar refractivity (Wildman–Crippen MR) is 76.8 cm³/mol. The van der Waals surface area contributed by atoms with Crippen LogP contribution in [0.3, 0.4) is 0 Å². The van der Waals surface area contributed by atoms with Crippen LogP contribution in [0, 0.1) is 11.8 Å². The lowest BCUT2D eigenvalue weighted by atomic mass is 9.81. The predicted octanol–water partition coefficient (Wildman–Crippen LogP) is 3.68. The quantitative estimate of drug-likeness (QED) is 0.770. The zero-order valence-electron chi connectivity index (χ0n) is 13.0. The minimum absolute atomic E-state index is 0.175. The van der Waals surface area contributed by atoms with E-state index < -0.39 is 12.1 Å². The molecule has 0 amide bonds. The third-order valence-electron chi connectivity index (χ3n) is 4.43. The molecule has 0 heterocycles. The van der Waals surface area contributed by atoms with Crippen molar-refractivity contribution in [3.63, 3.8) is 0 Å². The van der Waals surface area contributed by atoms with Gasteiger partial charge in [0.25, 0.3) is 0 Å². The van der Waals surface area contributed by atoms with Gasteiger partial charge in [-0.1, -0.05) is 20.3 Å². The summed E-state index contributed by atoms with van der Waals surface area (Å²) < 4.78 is 38.3. The summed E-state index contributed by atoms with van der Waals surface area (Å²) in [4.78, 5) is 2.33. The molecule has 0 aromatic rings. The SMILES string of the molecule is CCN(CC)CC(C)NCC1CCCC(C(F)(F)F)C1. The molecule has 2 nitrogen and oxygen atoms in total. The van der Waals surface area contributed by atoms with E-state index in [-0.39, 0.29) is 5.92 Å².